The lowest BCUT2D eigenvalue weighted by Gasteiger charge is -2.34. The summed E-state index contributed by atoms with van der Waals surface area (Å²) in [6, 6.07) is 27.5. The summed E-state index contributed by atoms with van der Waals surface area (Å²) in [6.45, 7) is 5.61. The highest BCUT2D eigenvalue weighted by atomic mass is 35.5. The van der Waals surface area contributed by atoms with Crippen LogP contribution in [-0.4, -0.2) is 34.9 Å². The lowest BCUT2D eigenvalue weighted by molar-refractivity contribution is -0.143. The molecule has 2 amide bonds. The molecule has 4 aromatic carbocycles. The fourth-order valence-electron chi connectivity index (χ4n) is 4.38. The van der Waals surface area contributed by atoms with Crippen molar-refractivity contribution in [3.05, 3.63) is 112 Å². The minimum absolute atomic E-state index is 0.114. The van der Waals surface area contributed by atoms with Crippen molar-refractivity contribution in [2.45, 2.75) is 45.3 Å². The Morgan fingerprint density at radius 2 is 1.59 bits per heavy atom. The van der Waals surface area contributed by atoms with Gasteiger partial charge in [0.15, 0.2) is 6.61 Å². The highest BCUT2D eigenvalue weighted by Gasteiger charge is 2.33. The molecule has 202 valence electrons. The Morgan fingerprint density at radius 3 is 2.31 bits per heavy atom. The van der Waals surface area contributed by atoms with Gasteiger partial charge in [-0.3, -0.25) is 9.59 Å². The van der Waals surface area contributed by atoms with Crippen LogP contribution in [-0.2, 0) is 22.6 Å². The van der Waals surface area contributed by atoms with E-state index >= 15 is 0 Å². The molecule has 0 radical (unpaired) electrons. The van der Waals surface area contributed by atoms with Crippen molar-refractivity contribution in [2.75, 3.05) is 6.61 Å². The Labute approximate surface area is 239 Å². The summed E-state index contributed by atoms with van der Waals surface area (Å²) in [7, 11) is 0. The summed E-state index contributed by atoms with van der Waals surface area (Å²) in [5.74, 6) is 0.0126. The highest BCUT2D eigenvalue weighted by Crippen LogP contribution is 2.27. The zero-order valence-corrected chi connectivity index (χ0v) is 23.8. The molecule has 0 spiro atoms. The monoisotopic (exact) mass is 562 g/mol. The number of nitrogens with one attached hydrogen (secondary N) is 1. The molecule has 0 aliphatic rings. The number of carbonyl (C=O) groups excluding carboxylic acids is 2. The van der Waals surface area contributed by atoms with Crippen LogP contribution in [0.4, 0.5) is 0 Å². The van der Waals surface area contributed by atoms with E-state index in [0.29, 0.717) is 27.8 Å². The number of rotatable bonds is 9. The second-order valence-corrected chi connectivity index (χ2v) is 11.3. The zero-order chi connectivity index (χ0) is 28.0. The van der Waals surface area contributed by atoms with E-state index in [1.165, 1.54) is 0 Å². The van der Waals surface area contributed by atoms with E-state index < -0.39 is 11.6 Å². The van der Waals surface area contributed by atoms with Gasteiger partial charge >= 0.3 is 0 Å². The number of hydrogen-bond acceptors (Lipinski definition) is 3. The first kappa shape index (κ1) is 28.5. The maximum Gasteiger partial charge on any atom is 0.261 e. The molecule has 0 fully saturated rings. The summed E-state index contributed by atoms with van der Waals surface area (Å²) in [5.41, 5.74) is 1.13. The maximum atomic E-state index is 13.9. The molecule has 1 N–H and O–H groups in total. The van der Waals surface area contributed by atoms with Crippen LogP contribution in [0.3, 0.4) is 0 Å². The number of benzene rings is 4. The van der Waals surface area contributed by atoms with Crippen LogP contribution < -0.4 is 10.1 Å². The molecule has 0 saturated carbocycles. The minimum Gasteiger partial charge on any atom is -0.483 e. The second-order valence-electron chi connectivity index (χ2n) is 10.5. The van der Waals surface area contributed by atoms with Gasteiger partial charge in [-0.1, -0.05) is 96.0 Å². The van der Waals surface area contributed by atoms with Gasteiger partial charge in [-0.15, -0.1) is 0 Å². The Balaban J connectivity index is 1.68. The van der Waals surface area contributed by atoms with Gasteiger partial charge in [-0.25, -0.2) is 0 Å². The molecule has 0 aromatic heterocycles. The van der Waals surface area contributed by atoms with E-state index in [0.717, 1.165) is 16.3 Å². The van der Waals surface area contributed by atoms with Gasteiger partial charge in [0, 0.05) is 33.9 Å². The molecule has 1 atom stereocenters. The number of fused-ring (bicyclic) bond motifs is 1. The topological polar surface area (TPSA) is 58.6 Å². The summed E-state index contributed by atoms with van der Waals surface area (Å²) < 4.78 is 6.05. The Hall–Kier alpha value is -3.54. The average Bonchev–Trinajstić information content (AvgIpc) is 2.90. The molecule has 7 heteroatoms. The third-order valence-corrected chi connectivity index (χ3v) is 6.81. The van der Waals surface area contributed by atoms with Crippen molar-refractivity contribution in [2.24, 2.45) is 0 Å². The third-order valence-electron chi connectivity index (χ3n) is 6.23. The van der Waals surface area contributed by atoms with E-state index in [4.69, 9.17) is 27.9 Å². The third kappa shape index (κ3) is 7.75. The van der Waals surface area contributed by atoms with E-state index in [2.05, 4.69) is 5.32 Å². The van der Waals surface area contributed by atoms with Crippen LogP contribution in [0.15, 0.2) is 91.0 Å². The molecule has 0 aliphatic carbocycles. The molecule has 0 aliphatic heterocycles. The first-order chi connectivity index (χ1) is 18.6. The summed E-state index contributed by atoms with van der Waals surface area (Å²) >= 11 is 12.6. The molecule has 0 heterocycles. The molecule has 39 heavy (non-hydrogen) atoms. The predicted octanol–water partition coefficient (Wildman–Crippen LogP) is 7.08. The van der Waals surface area contributed by atoms with Crippen molar-refractivity contribution >= 4 is 45.8 Å². The second kappa shape index (κ2) is 12.5. The smallest absolute Gasteiger partial charge is 0.261 e. The number of hydrogen-bond donors (Lipinski definition) is 1. The van der Waals surface area contributed by atoms with Crippen molar-refractivity contribution in [3.63, 3.8) is 0 Å². The van der Waals surface area contributed by atoms with Gasteiger partial charge in [0.25, 0.3) is 5.91 Å². The number of amides is 2. The Morgan fingerprint density at radius 1 is 0.897 bits per heavy atom. The van der Waals surface area contributed by atoms with Gasteiger partial charge in [0.1, 0.15) is 11.8 Å². The number of ether oxygens (including phenoxy) is 1. The van der Waals surface area contributed by atoms with E-state index in [9.17, 15) is 9.59 Å². The van der Waals surface area contributed by atoms with Crippen molar-refractivity contribution < 1.29 is 14.3 Å². The first-order valence-electron chi connectivity index (χ1n) is 12.8. The number of carbonyl (C=O) groups is 2. The molecule has 0 bridgehead atoms. The molecule has 5 nitrogen and oxygen atoms in total. The van der Waals surface area contributed by atoms with Crippen LogP contribution >= 0.6 is 23.2 Å². The summed E-state index contributed by atoms with van der Waals surface area (Å²) in [6.07, 6.45) is 0.327. The van der Waals surface area contributed by atoms with E-state index in [1.807, 2.05) is 93.6 Å². The summed E-state index contributed by atoms with van der Waals surface area (Å²) in [5, 5.41) is 5.89. The fraction of sp³-hybridized carbons (Fsp3) is 0.250. The molecule has 0 saturated heterocycles. The van der Waals surface area contributed by atoms with Crippen LogP contribution in [0.25, 0.3) is 10.8 Å². The van der Waals surface area contributed by atoms with Crippen molar-refractivity contribution in [1.82, 2.24) is 10.2 Å². The van der Waals surface area contributed by atoms with Gasteiger partial charge in [-0.2, -0.15) is 0 Å². The van der Waals surface area contributed by atoms with Gasteiger partial charge in [0.05, 0.1) is 0 Å². The predicted molar refractivity (Wildman–Crippen MR) is 158 cm³/mol. The Kier molecular flexibility index (Phi) is 9.16. The minimum atomic E-state index is -0.804. The van der Waals surface area contributed by atoms with Crippen molar-refractivity contribution in [1.29, 1.82) is 0 Å². The van der Waals surface area contributed by atoms with Gasteiger partial charge in [0.2, 0.25) is 5.91 Å². The van der Waals surface area contributed by atoms with Crippen LogP contribution in [0.2, 0.25) is 10.0 Å². The normalized spacial score (nSPS) is 12.1. The molecule has 1 unspecified atom stereocenters. The highest BCUT2D eigenvalue weighted by molar-refractivity contribution is 6.35. The SMILES string of the molecule is CC(C)(C)NC(=O)C(Cc1ccccc1)N(Cc1ccc(Cl)cc1Cl)C(=O)COc1cccc2ccccc12. The number of halogens is 2. The van der Waals surface area contributed by atoms with Crippen molar-refractivity contribution in [3.8, 4) is 5.75 Å². The van der Waals surface area contributed by atoms with Gasteiger partial charge in [-0.05, 0) is 55.5 Å². The lowest BCUT2D eigenvalue weighted by atomic mass is 10.0. The maximum absolute atomic E-state index is 13.9. The molecular weight excluding hydrogens is 531 g/mol. The van der Waals surface area contributed by atoms with E-state index in [-0.39, 0.29) is 25.0 Å². The molecular formula is C32H32Cl2N2O3. The number of nitrogens with zero attached hydrogens (tertiary/aromatic N) is 1. The Bertz CT molecular complexity index is 1450. The van der Waals surface area contributed by atoms with Crippen LogP contribution in [0.1, 0.15) is 31.9 Å². The molecule has 4 rings (SSSR count). The lowest BCUT2D eigenvalue weighted by Crippen LogP contribution is -2.55. The first-order valence-corrected chi connectivity index (χ1v) is 13.6. The van der Waals surface area contributed by atoms with Gasteiger partial charge < -0.3 is 15.0 Å². The largest absolute Gasteiger partial charge is 0.483 e. The quantitative estimate of drug-likeness (QED) is 0.237. The van der Waals surface area contributed by atoms with Crippen LogP contribution in [0.5, 0.6) is 5.75 Å². The van der Waals surface area contributed by atoms with Crippen LogP contribution in [0, 0.1) is 0 Å². The zero-order valence-electron chi connectivity index (χ0n) is 22.3. The van der Waals surface area contributed by atoms with E-state index in [1.54, 1.807) is 23.1 Å². The fourth-order valence-corrected chi connectivity index (χ4v) is 4.85. The standard InChI is InChI=1S/C32H32Cl2N2O3/c1-32(2,3)35-31(38)28(18-22-10-5-4-6-11-22)36(20-24-16-17-25(33)19-27(24)34)30(37)21-39-29-15-9-13-23-12-7-8-14-26(23)29/h4-17,19,28H,18,20-21H2,1-3H3,(H,35,38). The average molecular weight is 564 g/mol. The summed E-state index contributed by atoms with van der Waals surface area (Å²) in [4.78, 5) is 29.1. The molecule has 4 aromatic rings.